The van der Waals surface area contributed by atoms with Gasteiger partial charge in [0.1, 0.15) is 12.4 Å². The Hall–Kier alpha value is -1.95. The van der Waals surface area contributed by atoms with Gasteiger partial charge in [-0.1, -0.05) is 18.2 Å². The minimum absolute atomic E-state index is 0.299. The Balaban J connectivity index is 1.22. The molecule has 5 heteroatoms. The number of nitrogens with zero attached hydrogens (tertiary/aromatic N) is 2. The molecule has 1 saturated heterocycles. The Morgan fingerprint density at radius 3 is 3.00 bits per heavy atom. The molecule has 138 valence electrons. The van der Waals surface area contributed by atoms with Gasteiger partial charge in [-0.3, -0.25) is 9.88 Å². The highest BCUT2D eigenvalue weighted by atomic mass is 16.5. The largest absolute Gasteiger partial charge is 0.487 e. The number of rotatable bonds is 8. The number of ether oxygens (including phenoxy) is 2. The lowest BCUT2D eigenvalue weighted by Gasteiger charge is -2.33. The molecule has 2 heterocycles. The fourth-order valence-electron chi connectivity index (χ4n) is 3.40. The summed E-state index contributed by atoms with van der Waals surface area (Å²) in [6, 6.07) is 14.9. The van der Waals surface area contributed by atoms with Gasteiger partial charge < -0.3 is 14.8 Å². The van der Waals surface area contributed by atoms with Crippen LogP contribution in [0, 0.1) is 0 Å². The van der Waals surface area contributed by atoms with Crippen LogP contribution in [0.15, 0.2) is 48.7 Å². The minimum Gasteiger partial charge on any atom is -0.487 e. The van der Waals surface area contributed by atoms with E-state index in [1.165, 1.54) is 18.4 Å². The maximum absolute atomic E-state index is 5.90. The molecule has 2 fully saturated rings. The maximum atomic E-state index is 5.90. The second-order valence-electron chi connectivity index (χ2n) is 7.11. The van der Waals surface area contributed by atoms with E-state index in [1.807, 2.05) is 30.3 Å². The van der Waals surface area contributed by atoms with Gasteiger partial charge in [0.15, 0.2) is 0 Å². The summed E-state index contributed by atoms with van der Waals surface area (Å²) in [5, 5.41) is 3.53. The van der Waals surface area contributed by atoms with Crippen molar-refractivity contribution in [3.63, 3.8) is 0 Å². The summed E-state index contributed by atoms with van der Waals surface area (Å²) in [6.07, 6.45) is 4.82. The molecule has 1 aliphatic heterocycles. The monoisotopic (exact) mass is 353 g/mol. The van der Waals surface area contributed by atoms with E-state index in [0.29, 0.717) is 12.7 Å². The van der Waals surface area contributed by atoms with E-state index in [-0.39, 0.29) is 0 Å². The number of aromatic nitrogens is 1. The minimum atomic E-state index is 0.299. The van der Waals surface area contributed by atoms with Crippen LogP contribution in [0.1, 0.15) is 24.1 Å². The van der Waals surface area contributed by atoms with Crippen LogP contribution in [-0.4, -0.2) is 48.3 Å². The van der Waals surface area contributed by atoms with Crippen molar-refractivity contribution in [3.8, 4) is 5.75 Å². The standard InChI is InChI=1S/C21H27N3O2/c1-2-9-23-18(5-1)16-26-20-6-3-4-17(12-20)13-22-14-21-15-24(10-11-25-21)19-7-8-19/h1-6,9,12,19,21-22H,7-8,10-11,13-16H2. The second kappa shape index (κ2) is 8.62. The summed E-state index contributed by atoms with van der Waals surface area (Å²) in [5.41, 5.74) is 2.16. The van der Waals surface area contributed by atoms with Gasteiger partial charge in [0, 0.05) is 38.4 Å². The smallest absolute Gasteiger partial charge is 0.130 e. The highest BCUT2D eigenvalue weighted by Gasteiger charge is 2.32. The number of morpholine rings is 1. The Labute approximate surface area is 155 Å². The highest BCUT2D eigenvalue weighted by Crippen LogP contribution is 2.28. The molecule has 1 atom stereocenters. The molecule has 4 rings (SSSR count). The first kappa shape index (κ1) is 17.5. The summed E-state index contributed by atoms with van der Waals surface area (Å²) in [4.78, 5) is 6.87. The third-order valence-corrected chi connectivity index (χ3v) is 4.95. The number of benzene rings is 1. The van der Waals surface area contributed by atoms with E-state index in [9.17, 15) is 0 Å². The molecule has 0 spiro atoms. The Morgan fingerprint density at radius 2 is 2.15 bits per heavy atom. The van der Waals surface area contributed by atoms with Gasteiger partial charge in [0.05, 0.1) is 18.4 Å². The average Bonchev–Trinajstić information content (AvgIpc) is 3.53. The summed E-state index contributed by atoms with van der Waals surface area (Å²) in [6.45, 7) is 5.22. The fourth-order valence-corrected chi connectivity index (χ4v) is 3.40. The number of hydrogen-bond acceptors (Lipinski definition) is 5. The van der Waals surface area contributed by atoms with Crippen LogP contribution in [0.25, 0.3) is 0 Å². The van der Waals surface area contributed by atoms with Crippen LogP contribution in [0.4, 0.5) is 0 Å². The molecular weight excluding hydrogens is 326 g/mol. The van der Waals surface area contributed by atoms with Crippen molar-refractivity contribution in [1.82, 2.24) is 15.2 Å². The van der Waals surface area contributed by atoms with Crippen LogP contribution in [-0.2, 0) is 17.9 Å². The molecule has 2 aromatic rings. The molecule has 0 bridgehead atoms. The predicted octanol–water partition coefficient (Wildman–Crippen LogP) is 2.61. The molecule has 1 aromatic carbocycles. The summed E-state index contributed by atoms with van der Waals surface area (Å²) in [5.74, 6) is 0.878. The van der Waals surface area contributed by atoms with E-state index in [1.54, 1.807) is 6.20 Å². The Bertz CT molecular complexity index is 691. The van der Waals surface area contributed by atoms with Crippen LogP contribution < -0.4 is 10.1 Å². The lowest BCUT2D eigenvalue weighted by molar-refractivity contribution is -0.0301. The van der Waals surface area contributed by atoms with E-state index >= 15 is 0 Å². The van der Waals surface area contributed by atoms with E-state index in [4.69, 9.17) is 9.47 Å². The van der Waals surface area contributed by atoms with Crippen LogP contribution in [0.3, 0.4) is 0 Å². The van der Waals surface area contributed by atoms with Gasteiger partial charge >= 0.3 is 0 Å². The summed E-state index contributed by atoms with van der Waals surface area (Å²) in [7, 11) is 0. The predicted molar refractivity (Wildman–Crippen MR) is 101 cm³/mol. The lowest BCUT2D eigenvalue weighted by atomic mass is 10.2. The first-order valence-corrected chi connectivity index (χ1v) is 9.55. The van der Waals surface area contributed by atoms with Crippen LogP contribution in [0.2, 0.25) is 0 Å². The van der Waals surface area contributed by atoms with Crippen molar-refractivity contribution in [3.05, 3.63) is 59.9 Å². The lowest BCUT2D eigenvalue weighted by Crippen LogP contribution is -2.47. The highest BCUT2D eigenvalue weighted by molar-refractivity contribution is 5.28. The molecule has 26 heavy (non-hydrogen) atoms. The molecule has 1 unspecified atom stereocenters. The molecule has 5 nitrogen and oxygen atoms in total. The maximum Gasteiger partial charge on any atom is 0.130 e. The van der Waals surface area contributed by atoms with Crippen molar-refractivity contribution in [1.29, 1.82) is 0 Å². The van der Waals surface area contributed by atoms with Gasteiger partial charge in [-0.2, -0.15) is 0 Å². The van der Waals surface area contributed by atoms with Gasteiger partial charge in [0.2, 0.25) is 0 Å². The number of nitrogens with one attached hydrogen (secondary N) is 1. The van der Waals surface area contributed by atoms with Gasteiger partial charge in [-0.05, 0) is 42.7 Å². The van der Waals surface area contributed by atoms with E-state index < -0.39 is 0 Å². The zero-order valence-electron chi connectivity index (χ0n) is 15.1. The fraction of sp³-hybridized carbons (Fsp3) is 0.476. The van der Waals surface area contributed by atoms with Crippen molar-refractivity contribution < 1.29 is 9.47 Å². The first-order chi connectivity index (χ1) is 12.9. The molecule has 0 radical (unpaired) electrons. The molecule has 1 N–H and O–H groups in total. The summed E-state index contributed by atoms with van der Waals surface area (Å²) < 4.78 is 11.8. The van der Waals surface area contributed by atoms with Gasteiger partial charge in [0.25, 0.3) is 0 Å². The average molecular weight is 353 g/mol. The normalized spacial score (nSPS) is 20.8. The van der Waals surface area contributed by atoms with Crippen molar-refractivity contribution >= 4 is 0 Å². The SMILES string of the molecule is c1ccc(COc2cccc(CNCC3CN(C4CC4)CCO3)c2)nc1. The quantitative estimate of drug-likeness (QED) is 0.790. The van der Waals surface area contributed by atoms with Crippen molar-refractivity contribution in [2.24, 2.45) is 0 Å². The van der Waals surface area contributed by atoms with E-state index in [0.717, 1.165) is 50.3 Å². The first-order valence-electron chi connectivity index (χ1n) is 9.55. The molecular formula is C21H27N3O2. The Kier molecular flexibility index (Phi) is 5.79. The van der Waals surface area contributed by atoms with Crippen LogP contribution in [0.5, 0.6) is 5.75 Å². The third kappa shape index (κ3) is 5.04. The van der Waals surface area contributed by atoms with Gasteiger partial charge in [-0.15, -0.1) is 0 Å². The zero-order valence-corrected chi connectivity index (χ0v) is 15.1. The molecule has 1 saturated carbocycles. The van der Waals surface area contributed by atoms with Gasteiger partial charge in [-0.25, -0.2) is 0 Å². The molecule has 2 aliphatic rings. The molecule has 1 aromatic heterocycles. The Morgan fingerprint density at radius 1 is 1.19 bits per heavy atom. The van der Waals surface area contributed by atoms with Crippen molar-refractivity contribution in [2.75, 3.05) is 26.2 Å². The third-order valence-electron chi connectivity index (χ3n) is 4.95. The van der Waals surface area contributed by atoms with E-state index in [2.05, 4.69) is 27.3 Å². The van der Waals surface area contributed by atoms with Crippen molar-refractivity contribution in [2.45, 2.75) is 38.1 Å². The number of hydrogen-bond donors (Lipinski definition) is 1. The second-order valence-corrected chi connectivity index (χ2v) is 7.11. The topological polar surface area (TPSA) is 46.6 Å². The zero-order chi connectivity index (χ0) is 17.6. The molecule has 1 aliphatic carbocycles. The van der Waals surface area contributed by atoms with Crippen LogP contribution >= 0.6 is 0 Å². The summed E-state index contributed by atoms with van der Waals surface area (Å²) >= 11 is 0. The molecule has 0 amide bonds. The number of pyridine rings is 1.